The average Bonchev–Trinajstić information content (AvgIpc) is 2.50. The van der Waals surface area contributed by atoms with E-state index in [4.69, 9.17) is 46.4 Å². The monoisotopic (exact) mass is 400 g/mol. The van der Waals surface area contributed by atoms with Gasteiger partial charge in [0.25, 0.3) is 0 Å². The van der Waals surface area contributed by atoms with Gasteiger partial charge in [-0.3, -0.25) is 4.90 Å². The van der Waals surface area contributed by atoms with Gasteiger partial charge in [-0.05, 0) is 42.8 Å². The summed E-state index contributed by atoms with van der Waals surface area (Å²) in [6, 6.07) is 9.66. The van der Waals surface area contributed by atoms with Gasteiger partial charge in [0.15, 0.2) is 0 Å². The summed E-state index contributed by atoms with van der Waals surface area (Å²) in [5, 5.41) is 4.64. The molecule has 0 spiro atoms. The van der Waals surface area contributed by atoms with Crippen LogP contribution in [0.4, 0.5) is 10.5 Å². The van der Waals surface area contributed by atoms with Crippen LogP contribution in [0.3, 0.4) is 0 Å². The van der Waals surface area contributed by atoms with Crippen molar-refractivity contribution in [2.45, 2.75) is 13.0 Å². The highest BCUT2D eigenvalue weighted by Crippen LogP contribution is 2.37. The minimum atomic E-state index is -0.350. The standard InChI is InChI=1S/C17H12Cl4N2O/c1-9-7-14(11-6-5-10(18)8-13(11)20)22-17(24)23(9)15-4-2-3-12(19)16(15)21/h2-8,14H,1H3,(H,22,24). The van der Waals surface area contributed by atoms with E-state index >= 15 is 0 Å². The first-order valence-electron chi connectivity index (χ1n) is 7.06. The first kappa shape index (κ1) is 17.4. The van der Waals surface area contributed by atoms with Gasteiger partial charge in [-0.2, -0.15) is 0 Å². The molecule has 0 aromatic heterocycles. The van der Waals surface area contributed by atoms with Crippen LogP contribution in [0.5, 0.6) is 0 Å². The molecule has 1 atom stereocenters. The molecular formula is C17H12Cl4N2O. The quantitative estimate of drug-likeness (QED) is 0.613. The molecule has 0 bridgehead atoms. The van der Waals surface area contributed by atoms with Crippen molar-refractivity contribution < 1.29 is 4.79 Å². The molecule has 2 aromatic rings. The van der Waals surface area contributed by atoms with Gasteiger partial charge in [0.05, 0.1) is 21.8 Å². The van der Waals surface area contributed by atoms with E-state index in [1.54, 1.807) is 36.4 Å². The van der Waals surface area contributed by atoms with Gasteiger partial charge in [0.2, 0.25) is 0 Å². The number of hydrogen-bond acceptors (Lipinski definition) is 1. The molecule has 3 nitrogen and oxygen atoms in total. The van der Waals surface area contributed by atoms with Crippen molar-refractivity contribution in [1.29, 1.82) is 0 Å². The summed E-state index contributed by atoms with van der Waals surface area (Å²) in [7, 11) is 0. The molecule has 0 saturated heterocycles. The van der Waals surface area contributed by atoms with E-state index in [2.05, 4.69) is 5.32 Å². The first-order chi connectivity index (χ1) is 11.4. The second kappa shape index (κ2) is 6.85. The van der Waals surface area contributed by atoms with Gasteiger partial charge >= 0.3 is 6.03 Å². The number of allylic oxidation sites excluding steroid dienone is 1. The van der Waals surface area contributed by atoms with E-state index in [1.165, 1.54) is 4.90 Å². The van der Waals surface area contributed by atoms with Crippen LogP contribution in [-0.4, -0.2) is 6.03 Å². The summed E-state index contributed by atoms with van der Waals surface area (Å²) in [6.07, 6.45) is 1.90. The summed E-state index contributed by atoms with van der Waals surface area (Å²) in [4.78, 5) is 14.1. The fourth-order valence-electron chi connectivity index (χ4n) is 2.60. The number of hydrogen-bond donors (Lipinski definition) is 1. The lowest BCUT2D eigenvalue weighted by Crippen LogP contribution is -2.44. The Morgan fingerprint density at radius 2 is 1.79 bits per heavy atom. The highest BCUT2D eigenvalue weighted by molar-refractivity contribution is 6.44. The molecule has 0 radical (unpaired) electrons. The molecule has 2 amide bonds. The van der Waals surface area contributed by atoms with Crippen molar-refractivity contribution in [3.63, 3.8) is 0 Å². The molecule has 0 fully saturated rings. The van der Waals surface area contributed by atoms with E-state index in [-0.39, 0.29) is 12.1 Å². The fraction of sp³-hybridized carbons (Fsp3) is 0.118. The van der Waals surface area contributed by atoms with Gasteiger partial charge in [0, 0.05) is 15.7 Å². The second-order valence-electron chi connectivity index (χ2n) is 5.31. The summed E-state index contributed by atoms with van der Waals surface area (Å²) in [5.41, 5.74) is 2.01. The van der Waals surface area contributed by atoms with Gasteiger partial charge in [-0.1, -0.05) is 58.5 Å². The third-order valence-corrected chi connectivity index (χ3v) is 5.08. The van der Waals surface area contributed by atoms with E-state index in [1.807, 2.05) is 13.0 Å². The summed E-state index contributed by atoms with van der Waals surface area (Å²) in [5.74, 6) is 0. The Morgan fingerprint density at radius 3 is 2.46 bits per heavy atom. The molecule has 1 unspecified atom stereocenters. The van der Waals surface area contributed by atoms with E-state index in [0.29, 0.717) is 25.8 Å². The molecule has 24 heavy (non-hydrogen) atoms. The van der Waals surface area contributed by atoms with E-state index in [0.717, 1.165) is 11.3 Å². The van der Waals surface area contributed by atoms with E-state index in [9.17, 15) is 4.79 Å². The Balaban J connectivity index is 2.00. The van der Waals surface area contributed by atoms with Crippen LogP contribution in [0.1, 0.15) is 18.5 Å². The molecule has 2 aromatic carbocycles. The highest BCUT2D eigenvalue weighted by atomic mass is 35.5. The average molecular weight is 402 g/mol. The zero-order valence-electron chi connectivity index (χ0n) is 12.5. The maximum atomic E-state index is 12.6. The largest absolute Gasteiger partial charge is 0.327 e. The molecule has 1 aliphatic heterocycles. The first-order valence-corrected chi connectivity index (χ1v) is 8.57. The number of benzene rings is 2. The molecule has 3 rings (SSSR count). The number of nitrogens with zero attached hydrogens (tertiary/aromatic N) is 1. The summed E-state index contributed by atoms with van der Waals surface area (Å²) >= 11 is 24.5. The number of urea groups is 1. The SMILES string of the molecule is CC1=CC(c2ccc(Cl)cc2Cl)NC(=O)N1c1cccc(Cl)c1Cl. The van der Waals surface area contributed by atoms with Gasteiger partial charge in [-0.15, -0.1) is 0 Å². The van der Waals surface area contributed by atoms with Crippen LogP contribution in [0.25, 0.3) is 0 Å². The third-order valence-electron chi connectivity index (χ3n) is 3.71. The Kier molecular flexibility index (Phi) is 4.97. The third kappa shape index (κ3) is 3.22. The number of amides is 2. The van der Waals surface area contributed by atoms with Crippen LogP contribution < -0.4 is 10.2 Å². The highest BCUT2D eigenvalue weighted by Gasteiger charge is 2.29. The number of anilines is 1. The van der Waals surface area contributed by atoms with Gasteiger partial charge in [-0.25, -0.2) is 4.79 Å². The number of carbonyl (C=O) groups excluding carboxylic acids is 1. The van der Waals surface area contributed by atoms with Crippen LogP contribution in [0.15, 0.2) is 48.2 Å². The predicted molar refractivity (Wildman–Crippen MR) is 100 cm³/mol. The molecule has 7 heteroatoms. The fourth-order valence-corrected chi connectivity index (χ4v) is 3.51. The Bertz CT molecular complexity index is 850. The molecule has 1 N–H and O–H groups in total. The maximum absolute atomic E-state index is 12.6. The minimum absolute atomic E-state index is 0.310. The van der Waals surface area contributed by atoms with Crippen molar-refractivity contribution in [2.75, 3.05) is 4.90 Å². The number of halogens is 4. The van der Waals surface area contributed by atoms with Crippen LogP contribution in [0, 0.1) is 0 Å². The number of carbonyl (C=O) groups is 1. The molecule has 124 valence electrons. The zero-order chi connectivity index (χ0) is 17.4. The topological polar surface area (TPSA) is 32.3 Å². The van der Waals surface area contributed by atoms with Gasteiger partial charge in [0.1, 0.15) is 0 Å². The summed E-state index contributed by atoms with van der Waals surface area (Å²) < 4.78 is 0. The number of nitrogens with one attached hydrogen (secondary N) is 1. The van der Waals surface area contributed by atoms with E-state index < -0.39 is 0 Å². The van der Waals surface area contributed by atoms with Crippen molar-refractivity contribution in [3.8, 4) is 0 Å². The van der Waals surface area contributed by atoms with Crippen molar-refractivity contribution in [1.82, 2.24) is 5.32 Å². The maximum Gasteiger partial charge on any atom is 0.327 e. The zero-order valence-corrected chi connectivity index (χ0v) is 15.5. The molecule has 0 aliphatic carbocycles. The van der Waals surface area contributed by atoms with Crippen LogP contribution in [-0.2, 0) is 0 Å². The lowest BCUT2D eigenvalue weighted by Gasteiger charge is -2.32. The normalized spacial score (nSPS) is 17.5. The predicted octanol–water partition coefficient (Wildman–Crippen LogP) is 6.47. The van der Waals surface area contributed by atoms with Gasteiger partial charge < -0.3 is 5.32 Å². The van der Waals surface area contributed by atoms with Crippen LogP contribution >= 0.6 is 46.4 Å². The van der Waals surface area contributed by atoms with Crippen molar-refractivity contribution in [3.05, 3.63) is 73.8 Å². The van der Waals surface area contributed by atoms with Crippen LogP contribution in [0.2, 0.25) is 20.1 Å². The molecular weight excluding hydrogens is 390 g/mol. The Labute approximate surface area is 159 Å². The summed E-state index contributed by atoms with van der Waals surface area (Å²) in [6.45, 7) is 1.83. The minimum Gasteiger partial charge on any atom is -0.327 e. The van der Waals surface area contributed by atoms with Crippen molar-refractivity contribution in [2.24, 2.45) is 0 Å². The molecule has 1 heterocycles. The Hall–Kier alpha value is -1.39. The second-order valence-corrected chi connectivity index (χ2v) is 6.94. The smallest absolute Gasteiger partial charge is 0.327 e. The lowest BCUT2D eigenvalue weighted by atomic mass is 10.0. The molecule has 1 aliphatic rings. The molecule has 0 saturated carbocycles. The lowest BCUT2D eigenvalue weighted by molar-refractivity contribution is 0.244. The van der Waals surface area contributed by atoms with Crippen molar-refractivity contribution >= 4 is 58.1 Å². The number of rotatable bonds is 2. The Morgan fingerprint density at radius 1 is 1.04 bits per heavy atom.